The van der Waals surface area contributed by atoms with Gasteiger partial charge in [-0.3, -0.25) is 19.1 Å². The minimum absolute atomic E-state index is 0.0673. The third-order valence-corrected chi connectivity index (χ3v) is 5.87. The van der Waals surface area contributed by atoms with Gasteiger partial charge in [-0.1, -0.05) is 47.5 Å². The zero-order chi connectivity index (χ0) is 21.5. The molecule has 0 saturated carbocycles. The van der Waals surface area contributed by atoms with Crippen LogP contribution in [-0.4, -0.2) is 27.9 Å². The molecule has 0 radical (unpaired) electrons. The number of aryl methyl sites for hydroxylation is 1. The van der Waals surface area contributed by atoms with E-state index < -0.39 is 0 Å². The van der Waals surface area contributed by atoms with E-state index in [1.807, 2.05) is 42.5 Å². The fourth-order valence-electron chi connectivity index (χ4n) is 3.91. The quantitative estimate of drug-likeness (QED) is 0.407. The van der Waals surface area contributed by atoms with Gasteiger partial charge in [0.05, 0.1) is 0 Å². The van der Waals surface area contributed by atoms with Crippen LogP contribution in [0.1, 0.15) is 16.8 Å². The number of hydrogen-bond donors (Lipinski definition) is 0. The first-order chi connectivity index (χ1) is 15.0. The van der Waals surface area contributed by atoms with Gasteiger partial charge in [-0.15, -0.1) is 0 Å². The summed E-state index contributed by atoms with van der Waals surface area (Å²) in [4.78, 5) is 31.5. The maximum Gasteiger partial charge on any atom is 0.250 e. The van der Waals surface area contributed by atoms with Gasteiger partial charge in [0.1, 0.15) is 12.4 Å². The molecule has 5 nitrogen and oxygen atoms in total. The van der Waals surface area contributed by atoms with E-state index in [4.69, 9.17) is 23.2 Å². The molecule has 154 valence electrons. The maximum atomic E-state index is 12.9. The van der Waals surface area contributed by atoms with Gasteiger partial charge in [-0.2, -0.15) is 0 Å². The molecule has 31 heavy (non-hydrogen) atoms. The second-order valence-electron chi connectivity index (χ2n) is 7.53. The average molecular weight is 450 g/mol. The maximum absolute atomic E-state index is 12.9. The number of aromatic nitrogens is 2. The van der Waals surface area contributed by atoms with Crippen LogP contribution in [0.3, 0.4) is 0 Å². The first-order valence-electron chi connectivity index (χ1n) is 9.83. The van der Waals surface area contributed by atoms with Gasteiger partial charge < -0.3 is 0 Å². The number of anilines is 1. The van der Waals surface area contributed by atoms with Gasteiger partial charge in [0.2, 0.25) is 5.91 Å². The van der Waals surface area contributed by atoms with Gasteiger partial charge in [-0.25, -0.2) is 4.98 Å². The number of amides is 1. The summed E-state index contributed by atoms with van der Waals surface area (Å²) < 4.78 is 1.54. The van der Waals surface area contributed by atoms with E-state index in [1.165, 1.54) is 9.47 Å². The molecule has 2 aromatic carbocycles. The number of rotatable bonds is 3. The van der Waals surface area contributed by atoms with Crippen molar-refractivity contribution in [3.8, 4) is 11.1 Å². The van der Waals surface area contributed by atoms with Crippen LogP contribution in [0.5, 0.6) is 0 Å². The molecule has 0 spiro atoms. The smallest absolute Gasteiger partial charge is 0.250 e. The van der Waals surface area contributed by atoms with Crippen LogP contribution < -0.4 is 4.90 Å². The Bertz CT molecular complexity index is 1290. The molecule has 1 aliphatic heterocycles. The van der Waals surface area contributed by atoms with Crippen molar-refractivity contribution >= 4 is 51.6 Å². The Balaban J connectivity index is 1.45. The van der Waals surface area contributed by atoms with Gasteiger partial charge in [0.15, 0.2) is 0 Å². The van der Waals surface area contributed by atoms with Crippen LogP contribution >= 0.6 is 23.2 Å². The Morgan fingerprint density at radius 2 is 1.61 bits per heavy atom. The fraction of sp³-hybridized carbons (Fsp3) is 0.125. The monoisotopic (exact) mass is 449 g/mol. The topological polar surface area (TPSA) is 55.2 Å². The zero-order valence-corrected chi connectivity index (χ0v) is 17.9. The van der Waals surface area contributed by atoms with Crippen molar-refractivity contribution in [2.75, 3.05) is 11.4 Å². The van der Waals surface area contributed by atoms with E-state index in [2.05, 4.69) is 4.98 Å². The molecule has 1 amide bonds. The highest BCUT2D eigenvalue weighted by Gasteiger charge is 2.28. The molecule has 0 bridgehead atoms. The average Bonchev–Trinajstić information content (AvgIpc) is 3.19. The number of hydrogen-bond acceptors (Lipinski definition) is 3. The van der Waals surface area contributed by atoms with Crippen LogP contribution in [0, 0.1) is 0 Å². The van der Waals surface area contributed by atoms with E-state index in [9.17, 15) is 9.59 Å². The summed E-state index contributed by atoms with van der Waals surface area (Å²) in [6.45, 7) is -0.0673. The molecule has 3 heterocycles. The lowest BCUT2D eigenvalue weighted by Gasteiger charge is -2.28. The number of carbonyl (C=O) groups is 2. The molecule has 1 aliphatic rings. The number of halogens is 2. The van der Waals surface area contributed by atoms with Crippen molar-refractivity contribution in [2.24, 2.45) is 0 Å². The Morgan fingerprint density at radius 1 is 0.935 bits per heavy atom. The Labute approximate surface area is 188 Å². The number of nitrogens with zero attached hydrogens (tertiary/aromatic N) is 3. The molecule has 0 aliphatic carbocycles. The Kier molecular flexibility index (Phi) is 5.00. The summed E-state index contributed by atoms with van der Waals surface area (Å²) in [5.74, 6) is 0.228. The van der Waals surface area contributed by atoms with Crippen molar-refractivity contribution in [2.45, 2.75) is 12.8 Å². The van der Waals surface area contributed by atoms with E-state index in [0.717, 1.165) is 27.5 Å². The normalized spacial score (nSPS) is 13.5. The lowest BCUT2D eigenvalue weighted by molar-refractivity contribution is -0.118. The number of benzene rings is 2. The SMILES string of the molecule is O=C1CCc2cc(-c3cc(Cl)cc(Cl)c3)cnc2N1CC(=O)n1cc2ccccc2c1. The highest BCUT2D eigenvalue weighted by molar-refractivity contribution is 6.35. The molecular formula is C24H17Cl2N3O2. The van der Waals surface area contributed by atoms with Crippen molar-refractivity contribution in [3.63, 3.8) is 0 Å². The lowest BCUT2D eigenvalue weighted by atomic mass is 10.00. The number of fused-ring (bicyclic) bond motifs is 2. The fourth-order valence-corrected chi connectivity index (χ4v) is 4.44. The summed E-state index contributed by atoms with van der Waals surface area (Å²) >= 11 is 12.3. The first-order valence-corrected chi connectivity index (χ1v) is 10.6. The van der Waals surface area contributed by atoms with Gasteiger partial charge in [-0.05, 0) is 52.6 Å². The summed E-state index contributed by atoms with van der Waals surface area (Å²) in [6, 6.07) is 15.1. The van der Waals surface area contributed by atoms with Crippen molar-refractivity contribution in [3.05, 3.63) is 82.7 Å². The second kappa shape index (κ2) is 7.84. The minimum Gasteiger partial charge on any atom is -0.292 e. The molecule has 0 N–H and O–H groups in total. The third-order valence-electron chi connectivity index (χ3n) is 5.44. The predicted octanol–water partition coefficient (Wildman–Crippen LogP) is 5.63. The van der Waals surface area contributed by atoms with E-state index in [1.54, 1.807) is 24.7 Å². The van der Waals surface area contributed by atoms with E-state index >= 15 is 0 Å². The van der Waals surface area contributed by atoms with Crippen LogP contribution in [0.2, 0.25) is 10.0 Å². The summed E-state index contributed by atoms with van der Waals surface area (Å²) in [5, 5.41) is 3.04. The molecule has 0 fully saturated rings. The molecule has 2 aromatic heterocycles. The standard InChI is InChI=1S/C24H17Cl2N3O2/c25-20-8-18(9-21(26)10-20)19-7-15-5-6-22(30)29(24(15)27-11-19)14-23(31)28-12-16-3-1-2-4-17(16)13-28/h1-4,7-13H,5-6,14H2. The summed E-state index contributed by atoms with van der Waals surface area (Å²) in [7, 11) is 0. The molecule has 0 saturated heterocycles. The number of carbonyl (C=O) groups excluding carboxylic acids is 2. The highest BCUT2D eigenvalue weighted by Crippen LogP contribution is 2.32. The summed E-state index contributed by atoms with van der Waals surface area (Å²) in [5.41, 5.74) is 2.63. The molecule has 5 rings (SSSR count). The van der Waals surface area contributed by atoms with Crippen LogP contribution in [0.15, 0.2) is 67.1 Å². The van der Waals surface area contributed by atoms with Crippen molar-refractivity contribution in [1.29, 1.82) is 0 Å². The zero-order valence-electron chi connectivity index (χ0n) is 16.4. The molecule has 0 unspecified atom stereocenters. The van der Waals surface area contributed by atoms with Gasteiger partial charge >= 0.3 is 0 Å². The van der Waals surface area contributed by atoms with E-state index in [0.29, 0.717) is 28.7 Å². The van der Waals surface area contributed by atoms with Gasteiger partial charge in [0, 0.05) is 40.6 Å². The second-order valence-corrected chi connectivity index (χ2v) is 8.41. The molecular weight excluding hydrogens is 433 g/mol. The van der Waals surface area contributed by atoms with Gasteiger partial charge in [0.25, 0.3) is 5.91 Å². The van der Waals surface area contributed by atoms with Crippen molar-refractivity contribution < 1.29 is 9.59 Å². The molecule has 4 aromatic rings. The van der Waals surface area contributed by atoms with Crippen LogP contribution in [-0.2, 0) is 11.2 Å². The highest BCUT2D eigenvalue weighted by atomic mass is 35.5. The molecule has 0 atom stereocenters. The minimum atomic E-state index is -0.190. The van der Waals surface area contributed by atoms with Crippen molar-refractivity contribution in [1.82, 2.24) is 9.55 Å². The number of pyridine rings is 1. The van der Waals surface area contributed by atoms with Crippen LogP contribution in [0.4, 0.5) is 5.82 Å². The molecule has 7 heteroatoms. The first kappa shape index (κ1) is 19.8. The predicted molar refractivity (Wildman–Crippen MR) is 123 cm³/mol. The largest absolute Gasteiger partial charge is 0.292 e. The Hall–Kier alpha value is -3.15. The third kappa shape index (κ3) is 3.82. The lowest BCUT2D eigenvalue weighted by Crippen LogP contribution is -2.41. The summed E-state index contributed by atoms with van der Waals surface area (Å²) in [6.07, 6.45) is 6.15. The Morgan fingerprint density at radius 3 is 2.29 bits per heavy atom. The van der Waals surface area contributed by atoms with E-state index in [-0.39, 0.29) is 18.4 Å². The van der Waals surface area contributed by atoms with Crippen LogP contribution in [0.25, 0.3) is 21.9 Å².